The summed E-state index contributed by atoms with van der Waals surface area (Å²) in [6.07, 6.45) is -3.57. The maximum Gasteiger partial charge on any atom is 0.419 e. The zero-order chi connectivity index (χ0) is 23.0. The number of carbonyl (C=O) groups excluding carboxylic acids is 1. The van der Waals surface area contributed by atoms with E-state index in [9.17, 15) is 27.2 Å². The SMILES string of the molecule is O=C(Nc1cc[nH]c(=O)c1)c1c(C2CCOc3cc(F)ccc32)ccc(C(F)(F)F)c1F. The molecule has 4 rings (SSSR count). The molecule has 1 aliphatic heterocycles. The van der Waals surface area contributed by atoms with Crippen molar-refractivity contribution in [1.29, 1.82) is 0 Å². The Balaban J connectivity index is 1.86. The fourth-order valence-electron chi connectivity index (χ4n) is 3.73. The summed E-state index contributed by atoms with van der Waals surface area (Å²) in [6.45, 7) is 0.0961. The van der Waals surface area contributed by atoms with Gasteiger partial charge in [-0.05, 0) is 30.2 Å². The highest BCUT2D eigenvalue weighted by Gasteiger charge is 2.38. The third-order valence-corrected chi connectivity index (χ3v) is 5.13. The summed E-state index contributed by atoms with van der Waals surface area (Å²) in [5.74, 6) is -3.99. The first-order valence-electron chi connectivity index (χ1n) is 9.47. The van der Waals surface area contributed by atoms with Gasteiger partial charge in [0.15, 0.2) is 0 Å². The molecule has 0 saturated heterocycles. The molecule has 1 aromatic heterocycles. The molecule has 1 amide bonds. The Kier molecular flexibility index (Phi) is 5.45. The summed E-state index contributed by atoms with van der Waals surface area (Å²) in [4.78, 5) is 26.7. The van der Waals surface area contributed by atoms with Crippen LogP contribution in [-0.2, 0) is 6.18 Å². The number of anilines is 1. The van der Waals surface area contributed by atoms with E-state index in [0.29, 0.717) is 11.6 Å². The molecule has 0 bridgehead atoms. The molecule has 2 aromatic carbocycles. The van der Waals surface area contributed by atoms with Gasteiger partial charge >= 0.3 is 6.18 Å². The number of halogens is 5. The third-order valence-electron chi connectivity index (χ3n) is 5.13. The van der Waals surface area contributed by atoms with Gasteiger partial charge in [0.05, 0.1) is 17.7 Å². The van der Waals surface area contributed by atoms with Gasteiger partial charge in [-0.15, -0.1) is 0 Å². The molecular formula is C22H15F5N2O3. The largest absolute Gasteiger partial charge is 0.493 e. The van der Waals surface area contributed by atoms with Crippen LogP contribution in [0.15, 0.2) is 53.5 Å². The maximum absolute atomic E-state index is 15.1. The smallest absolute Gasteiger partial charge is 0.419 e. The summed E-state index contributed by atoms with van der Waals surface area (Å²) in [6, 6.07) is 7.60. The van der Waals surface area contributed by atoms with Crippen molar-refractivity contribution in [2.45, 2.75) is 18.5 Å². The van der Waals surface area contributed by atoms with Gasteiger partial charge in [0.1, 0.15) is 17.4 Å². The van der Waals surface area contributed by atoms with Gasteiger partial charge < -0.3 is 15.0 Å². The summed E-state index contributed by atoms with van der Waals surface area (Å²) >= 11 is 0. The van der Waals surface area contributed by atoms with E-state index in [0.717, 1.165) is 24.3 Å². The van der Waals surface area contributed by atoms with E-state index in [-0.39, 0.29) is 30.0 Å². The molecule has 2 heterocycles. The fraction of sp³-hybridized carbons (Fsp3) is 0.182. The van der Waals surface area contributed by atoms with Crippen molar-refractivity contribution in [2.24, 2.45) is 0 Å². The van der Waals surface area contributed by atoms with Gasteiger partial charge in [0.2, 0.25) is 5.56 Å². The van der Waals surface area contributed by atoms with E-state index >= 15 is 4.39 Å². The number of hydrogen-bond acceptors (Lipinski definition) is 3. The number of alkyl halides is 3. The number of hydrogen-bond donors (Lipinski definition) is 2. The first-order chi connectivity index (χ1) is 15.1. The minimum Gasteiger partial charge on any atom is -0.493 e. The highest BCUT2D eigenvalue weighted by molar-refractivity contribution is 6.06. The van der Waals surface area contributed by atoms with Crippen LogP contribution >= 0.6 is 0 Å². The summed E-state index contributed by atoms with van der Waals surface area (Å²) < 4.78 is 74.2. The average molecular weight is 450 g/mol. The number of H-pyrrole nitrogens is 1. The van der Waals surface area contributed by atoms with Gasteiger partial charge in [0, 0.05) is 35.5 Å². The van der Waals surface area contributed by atoms with E-state index in [4.69, 9.17) is 4.74 Å². The molecule has 5 nitrogen and oxygen atoms in total. The van der Waals surface area contributed by atoms with Crippen LogP contribution < -0.4 is 15.6 Å². The minimum absolute atomic E-state index is 0.00556. The standard InChI is InChI=1S/C22H15F5N2O3/c23-11-1-2-14-13(6-8-32-17(14)9-11)15-3-4-16(22(25,26)27)20(24)19(15)21(31)29-12-5-7-28-18(30)10-12/h1-5,7,9-10,13H,6,8H2,(H2,28,29,30,31). The van der Waals surface area contributed by atoms with Gasteiger partial charge in [-0.3, -0.25) is 9.59 Å². The van der Waals surface area contributed by atoms with E-state index in [2.05, 4.69) is 10.3 Å². The lowest BCUT2D eigenvalue weighted by atomic mass is 9.83. The number of ether oxygens (including phenoxy) is 1. The number of fused-ring (bicyclic) bond motifs is 1. The molecular weight excluding hydrogens is 435 g/mol. The van der Waals surface area contributed by atoms with Crippen LogP contribution in [0.2, 0.25) is 0 Å². The van der Waals surface area contributed by atoms with E-state index < -0.39 is 46.3 Å². The first-order valence-corrected chi connectivity index (χ1v) is 9.47. The van der Waals surface area contributed by atoms with E-state index in [1.165, 1.54) is 18.3 Å². The molecule has 1 aliphatic rings. The molecule has 0 aliphatic carbocycles. The van der Waals surface area contributed by atoms with Crippen LogP contribution in [0.1, 0.15) is 39.4 Å². The van der Waals surface area contributed by atoms with Crippen LogP contribution in [-0.4, -0.2) is 17.5 Å². The lowest BCUT2D eigenvalue weighted by Crippen LogP contribution is -2.24. The lowest BCUT2D eigenvalue weighted by molar-refractivity contribution is -0.140. The molecule has 2 N–H and O–H groups in total. The topological polar surface area (TPSA) is 71.2 Å². The van der Waals surface area contributed by atoms with Gasteiger partial charge in [-0.1, -0.05) is 12.1 Å². The Morgan fingerprint density at radius 2 is 1.81 bits per heavy atom. The van der Waals surface area contributed by atoms with E-state index in [1.807, 2.05) is 0 Å². The van der Waals surface area contributed by atoms with Crippen LogP contribution in [0.5, 0.6) is 5.75 Å². The Morgan fingerprint density at radius 3 is 2.53 bits per heavy atom. The Bertz CT molecular complexity index is 1250. The molecule has 0 spiro atoms. The number of pyridine rings is 1. The molecule has 0 saturated carbocycles. The molecule has 10 heteroatoms. The average Bonchev–Trinajstić information content (AvgIpc) is 2.71. The van der Waals surface area contributed by atoms with Crippen molar-refractivity contribution in [3.8, 4) is 5.75 Å². The highest BCUT2D eigenvalue weighted by Crippen LogP contribution is 2.42. The lowest BCUT2D eigenvalue weighted by Gasteiger charge is -2.28. The Morgan fingerprint density at radius 1 is 1.06 bits per heavy atom. The predicted octanol–water partition coefficient (Wildman–Crippen LogP) is 4.84. The summed E-state index contributed by atoms with van der Waals surface area (Å²) in [7, 11) is 0. The van der Waals surface area contributed by atoms with Crippen molar-refractivity contribution in [3.05, 3.63) is 92.9 Å². The summed E-state index contributed by atoms with van der Waals surface area (Å²) in [5, 5.41) is 2.27. The number of amides is 1. The molecule has 0 fully saturated rings. The highest BCUT2D eigenvalue weighted by atomic mass is 19.4. The van der Waals surface area contributed by atoms with Crippen LogP contribution in [0.25, 0.3) is 0 Å². The van der Waals surface area contributed by atoms with Crippen LogP contribution in [0.4, 0.5) is 27.6 Å². The molecule has 166 valence electrons. The minimum atomic E-state index is -5.03. The summed E-state index contributed by atoms with van der Waals surface area (Å²) in [5.41, 5.74) is -2.56. The number of nitrogens with one attached hydrogen (secondary N) is 2. The molecule has 32 heavy (non-hydrogen) atoms. The second-order valence-electron chi connectivity index (χ2n) is 7.16. The molecule has 0 radical (unpaired) electrons. The van der Waals surface area contributed by atoms with E-state index in [1.54, 1.807) is 0 Å². The number of rotatable bonds is 3. The Labute approximate surface area is 177 Å². The first kappa shape index (κ1) is 21.5. The second-order valence-corrected chi connectivity index (χ2v) is 7.16. The van der Waals surface area contributed by atoms with Crippen molar-refractivity contribution < 1.29 is 31.5 Å². The van der Waals surface area contributed by atoms with Crippen molar-refractivity contribution in [2.75, 3.05) is 11.9 Å². The van der Waals surface area contributed by atoms with Crippen LogP contribution in [0.3, 0.4) is 0 Å². The van der Waals surface area contributed by atoms with Crippen molar-refractivity contribution in [3.63, 3.8) is 0 Å². The molecule has 3 aromatic rings. The fourth-order valence-corrected chi connectivity index (χ4v) is 3.73. The van der Waals surface area contributed by atoms with Crippen LogP contribution in [0, 0.1) is 11.6 Å². The van der Waals surface area contributed by atoms with Gasteiger partial charge in [-0.25, -0.2) is 8.78 Å². The number of carbonyl (C=O) groups is 1. The Hall–Kier alpha value is -3.69. The second kappa shape index (κ2) is 8.10. The maximum atomic E-state index is 15.1. The third kappa shape index (κ3) is 4.08. The van der Waals surface area contributed by atoms with Gasteiger partial charge in [0.25, 0.3) is 5.91 Å². The number of aromatic nitrogens is 1. The quantitative estimate of drug-likeness (QED) is 0.561. The van der Waals surface area contributed by atoms with Gasteiger partial charge in [-0.2, -0.15) is 13.2 Å². The number of benzene rings is 2. The predicted molar refractivity (Wildman–Crippen MR) is 105 cm³/mol. The zero-order valence-corrected chi connectivity index (χ0v) is 16.2. The monoisotopic (exact) mass is 450 g/mol. The number of aromatic amines is 1. The van der Waals surface area contributed by atoms with Crippen molar-refractivity contribution >= 4 is 11.6 Å². The zero-order valence-electron chi connectivity index (χ0n) is 16.2. The van der Waals surface area contributed by atoms with Crippen molar-refractivity contribution in [1.82, 2.24) is 4.98 Å². The normalized spacial score (nSPS) is 15.6. The molecule has 1 atom stereocenters. The molecule has 1 unspecified atom stereocenters.